The van der Waals surface area contributed by atoms with Gasteiger partial charge in [0.2, 0.25) is 0 Å². The Hall–Kier alpha value is -0.970. The normalized spacial score (nSPS) is 10.9. The second-order valence-electron chi connectivity index (χ2n) is 2.62. The summed E-state index contributed by atoms with van der Waals surface area (Å²) in [5.41, 5.74) is 1.88. The van der Waals surface area contributed by atoms with Gasteiger partial charge in [-0.3, -0.25) is 0 Å². The molecule has 2 aromatic heterocycles. The molecule has 12 heavy (non-hydrogen) atoms. The Bertz CT molecular complexity index is 434. The van der Waals surface area contributed by atoms with Crippen LogP contribution in [0.25, 0.3) is 5.65 Å². The van der Waals surface area contributed by atoms with Gasteiger partial charge in [0.25, 0.3) is 0 Å². The first-order valence-electron chi connectivity index (χ1n) is 3.53. The minimum absolute atomic E-state index is 0.740. The van der Waals surface area contributed by atoms with Crippen LogP contribution in [0.5, 0.6) is 0 Å². The van der Waals surface area contributed by atoms with E-state index in [4.69, 9.17) is 0 Å². The molecule has 62 valence electrons. The van der Waals surface area contributed by atoms with Crippen molar-refractivity contribution in [2.24, 2.45) is 0 Å². The van der Waals surface area contributed by atoms with Crippen molar-refractivity contribution in [3.05, 3.63) is 22.1 Å². The summed E-state index contributed by atoms with van der Waals surface area (Å²) in [6.45, 7) is 3.83. The highest BCUT2D eigenvalue weighted by Gasteiger charge is 2.04. The fraction of sp³-hybridized carbons (Fsp3) is 0.286. The van der Waals surface area contributed by atoms with Gasteiger partial charge in [0, 0.05) is 0 Å². The van der Waals surface area contributed by atoms with E-state index in [1.54, 1.807) is 0 Å². The van der Waals surface area contributed by atoms with Gasteiger partial charge in [0.1, 0.15) is 10.4 Å². The van der Waals surface area contributed by atoms with Crippen molar-refractivity contribution >= 4 is 21.6 Å². The van der Waals surface area contributed by atoms with Crippen molar-refractivity contribution in [2.75, 3.05) is 0 Å². The molecule has 0 aliphatic carbocycles. The quantitative estimate of drug-likeness (QED) is 0.684. The molecule has 0 N–H and O–H groups in total. The number of nitrogens with zero attached hydrogens (tertiary/aromatic N) is 4. The molecule has 0 spiro atoms. The van der Waals surface area contributed by atoms with Crippen LogP contribution in [0.1, 0.15) is 11.4 Å². The predicted molar refractivity (Wildman–Crippen MR) is 48.0 cm³/mol. The molecule has 0 saturated heterocycles. The molecule has 0 fully saturated rings. The maximum absolute atomic E-state index is 4.22. The number of hydrogen-bond acceptors (Lipinski definition) is 3. The maximum atomic E-state index is 4.22. The molecule has 0 bridgehead atoms. The number of rotatable bonds is 0. The molecule has 0 unspecified atom stereocenters. The van der Waals surface area contributed by atoms with Crippen molar-refractivity contribution in [3.8, 4) is 0 Å². The fourth-order valence-corrected chi connectivity index (χ4v) is 1.58. The molecule has 2 rings (SSSR count). The van der Waals surface area contributed by atoms with Crippen LogP contribution in [-0.4, -0.2) is 19.8 Å². The van der Waals surface area contributed by atoms with Gasteiger partial charge in [0.05, 0.1) is 0 Å². The van der Waals surface area contributed by atoms with Crippen LogP contribution in [0.4, 0.5) is 0 Å². The molecule has 0 aromatic carbocycles. The number of aromatic nitrogens is 4. The van der Waals surface area contributed by atoms with Crippen LogP contribution < -0.4 is 0 Å². The molecule has 5 heteroatoms. The lowest BCUT2D eigenvalue weighted by molar-refractivity contribution is 0.773. The largest absolute Gasteiger partial charge is 0.210 e. The first kappa shape index (κ1) is 7.67. The van der Waals surface area contributed by atoms with Gasteiger partial charge < -0.3 is 0 Å². The van der Waals surface area contributed by atoms with Gasteiger partial charge in [-0.1, -0.05) is 0 Å². The van der Waals surface area contributed by atoms with Gasteiger partial charge in [-0.2, -0.15) is 0 Å². The van der Waals surface area contributed by atoms with Crippen molar-refractivity contribution in [1.82, 2.24) is 19.8 Å². The van der Waals surface area contributed by atoms with Crippen molar-refractivity contribution in [3.63, 3.8) is 0 Å². The number of fused-ring (bicyclic) bond motifs is 1. The summed E-state index contributed by atoms with van der Waals surface area (Å²) in [6.07, 6.45) is 0. The van der Waals surface area contributed by atoms with E-state index >= 15 is 0 Å². The van der Waals surface area contributed by atoms with Gasteiger partial charge >= 0.3 is 0 Å². The van der Waals surface area contributed by atoms with Crippen molar-refractivity contribution < 1.29 is 0 Å². The van der Waals surface area contributed by atoms with Crippen molar-refractivity contribution in [1.29, 1.82) is 0 Å². The first-order valence-corrected chi connectivity index (χ1v) is 4.33. The average Bonchev–Trinajstić information content (AvgIpc) is 2.29. The summed E-state index contributed by atoms with van der Waals surface area (Å²) in [7, 11) is 0. The van der Waals surface area contributed by atoms with Crippen LogP contribution in [0.3, 0.4) is 0 Å². The molecule has 0 aliphatic rings. The van der Waals surface area contributed by atoms with E-state index in [-0.39, 0.29) is 0 Å². The summed E-state index contributed by atoms with van der Waals surface area (Å²) >= 11 is 3.29. The summed E-state index contributed by atoms with van der Waals surface area (Å²) in [4.78, 5) is 4.22. The number of hydrogen-bond donors (Lipinski definition) is 0. The summed E-state index contributed by atoms with van der Waals surface area (Å²) < 4.78 is 2.31. The molecule has 2 heterocycles. The summed E-state index contributed by atoms with van der Waals surface area (Å²) in [6, 6.07) is 1.92. The maximum Gasteiger partial charge on any atom is 0.179 e. The second-order valence-corrected chi connectivity index (χ2v) is 3.43. The van der Waals surface area contributed by atoms with Crippen LogP contribution in [0.15, 0.2) is 10.7 Å². The van der Waals surface area contributed by atoms with E-state index in [9.17, 15) is 0 Å². The zero-order valence-corrected chi connectivity index (χ0v) is 8.33. The van der Waals surface area contributed by atoms with Gasteiger partial charge in [-0.05, 0) is 41.4 Å². The predicted octanol–water partition coefficient (Wildman–Crippen LogP) is 1.50. The molecule has 0 radical (unpaired) electrons. The lowest BCUT2D eigenvalue weighted by atomic mass is 10.3. The molecule has 0 atom stereocenters. The third-order valence-corrected chi connectivity index (χ3v) is 1.96. The van der Waals surface area contributed by atoms with Gasteiger partial charge in [0.15, 0.2) is 5.65 Å². The van der Waals surface area contributed by atoms with Gasteiger partial charge in [-0.15, -0.1) is 14.8 Å². The third-order valence-electron chi connectivity index (χ3n) is 1.58. The van der Waals surface area contributed by atoms with E-state index in [0.717, 1.165) is 21.6 Å². The molecule has 0 aliphatic heterocycles. The van der Waals surface area contributed by atoms with E-state index in [0.29, 0.717) is 0 Å². The van der Waals surface area contributed by atoms with E-state index < -0.39 is 0 Å². The van der Waals surface area contributed by atoms with Crippen LogP contribution in [0, 0.1) is 13.8 Å². The Balaban J connectivity index is 2.88. The Morgan fingerprint density at radius 1 is 1.33 bits per heavy atom. The third kappa shape index (κ3) is 1.10. The molecule has 0 saturated carbocycles. The summed E-state index contributed by atoms with van der Waals surface area (Å²) in [5, 5.41) is 8.22. The van der Waals surface area contributed by atoms with Crippen molar-refractivity contribution in [2.45, 2.75) is 13.8 Å². The zero-order chi connectivity index (χ0) is 8.72. The average molecular weight is 227 g/mol. The lowest BCUT2D eigenvalue weighted by Gasteiger charge is -1.94. The Kier molecular flexibility index (Phi) is 1.61. The fourth-order valence-electron chi connectivity index (χ4n) is 1.08. The minimum Gasteiger partial charge on any atom is -0.210 e. The zero-order valence-electron chi connectivity index (χ0n) is 6.74. The molecule has 0 amide bonds. The minimum atomic E-state index is 0.740. The second kappa shape index (κ2) is 2.52. The van der Waals surface area contributed by atoms with Gasteiger partial charge in [-0.25, -0.2) is 4.98 Å². The molecular formula is C7H7BrN4. The van der Waals surface area contributed by atoms with E-state index in [2.05, 4.69) is 31.1 Å². The smallest absolute Gasteiger partial charge is 0.179 e. The monoisotopic (exact) mass is 226 g/mol. The van der Waals surface area contributed by atoms with Crippen LogP contribution in [0.2, 0.25) is 0 Å². The Morgan fingerprint density at radius 3 is 2.83 bits per heavy atom. The van der Waals surface area contributed by atoms with Crippen LogP contribution >= 0.6 is 15.9 Å². The van der Waals surface area contributed by atoms with E-state index in [1.165, 1.54) is 4.63 Å². The van der Waals surface area contributed by atoms with E-state index in [1.807, 2.05) is 19.9 Å². The summed E-state index contributed by atoms with van der Waals surface area (Å²) in [5.74, 6) is 0.740. The SMILES string of the molecule is Cc1nc2c(C)cc(Br)nn2n1. The topological polar surface area (TPSA) is 43.1 Å². The first-order chi connectivity index (χ1) is 5.66. The molecule has 2 aromatic rings. The highest BCUT2D eigenvalue weighted by molar-refractivity contribution is 9.10. The standard InChI is InChI=1S/C7H7BrN4/c1-4-3-6(8)11-12-7(4)9-5(2)10-12/h3H,1-2H3. The molecule has 4 nitrogen and oxygen atoms in total. The highest BCUT2D eigenvalue weighted by atomic mass is 79.9. The Morgan fingerprint density at radius 2 is 2.08 bits per heavy atom. The Labute approximate surface area is 77.7 Å². The number of aryl methyl sites for hydroxylation is 2. The lowest BCUT2D eigenvalue weighted by Crippen LogP contribution is -1.96. The number of halogens is 1. The molecular weight excluding hydrogens is 220 g/mol. The van der Waals surface area contributed by atoms with Crippen LogP contribution in [-0.2, 0) is 0 Å². The highest BCUT2D eigenvalue weighted by Crippen LogP contribution is 2.11.